The third-order valence-electron chi connectivity index (χ3n) is 7.53. The molecule has 1 saturated carbocycles. The average molecular weight is 598 g/mol. The first kappa shape index (κ1) is 29.3. The third-order valence-corrected chi connectivity index (χ3v) is 9.40. The molecule has 2 atom stereocenters. The minimum atomic E-state index is -3.62. The molecule has 4 aromatic rings. The van der Waals surface area contributed by atoms with Gasteiger partial charge in [0.05, 0.1) is 17.0 Å². The molecule has 1 heterocycles. The second kappa shape index (κ2) is 12.3. The van der Waals surface area contributed by atoms with E-state index in [4.69, 9.17) is 20.8 Å². The summed E-state index contributed by atoms with van der Waals surface area (Å²) in [6, 6.07) is 22.0. The zero-order valence-electron chi connectivity index (χ0n) is 23.0. The minimum Gasteiger partial charge on any atom is -0.488 e. The molecule has 0 radical (unpaired) electrons. The van der Waals surface area contributed by atoms with Crippen molar-refractivity contribution in [1.82, 2.24) is 14.0 Å². The summed E-state index contributed by atoms with van der Waals surface area (Å²) in [6.07, 6.45) is 3.74. The number of halogens is 2. The number of oxazole rings is 1. The van der Waals surface area contributed by atoms with Crippen molar-refractivity contribution >= 4 is 21.8 Å². The lowest BCUT2D eigenvalue weighted by Crippen LogP contribution is -2.42. The summed E-state index contributed by atoms with van der Waals surface area (Å²) in [5, 5.41) is 0. The first-order chi connectivity index (χ1) is 19.7. The van der Waals surface area contributed by atoms with E-state index in [0.717, 1.165) is 15.4 Å². The van der Waals surface area contributed by atoms with E-state index < -0.39 is 15.6 Å². The van der Waals surface area contributed by atoms with Crippen LogP contribution in [0, 0.1) is 5.82 Å². The second-order valence-electron chi connectivity index (χ2n) is 10.7. The Bertz CT molecular complexity index is 1600. The summed E-state index contributed by atoms with van der Waals surface area (Å²) in [5.74, 6) is 0.941. The normalized spacial score (nSPS) is 19.1. The summed E-state index contributed by atoms with van der Waals surface area (Å²) in [7, 11) is -0.632. The van der Waals surface area contributed by atoms with Crippen LogP contribution in [0.2, 0.25) is 0 Å². The number of nitrogens with one attached hydrogen (secondary N) is 1. The first-order valence-corrected chi connectivity index (χ1v) is 15.4. The fourth-order valence-electron chi connectivity index (χ4n) is 5.42. The topological polar surface area (TPSA) is 84.7 Å². The lowest BCUT2D eigenvalue weighted by Gasteiger charge is -2.27. The van der Waals surface area contributed by atoms with Crippen molar-refractivity contribution in [2.75, 3.05) is 14.1 Å². The van der Waals surface area contributed by atoms with Gasteiger partial charge in [0.25, 0.3) is 10.2 Å². The number of para-hydroxylation sites is 1. The van der Waals surface area contributed by atoms with Crippen LogP contribution in [0.25, 0.3) is 11.1 Å². The van der Waals surface area contributed by atoms with Gasteiger partial charge in [0.15, 0.2) is 0 Å². The van der Waals surface area contributed by atoms with Gasteiger partial charge >= 0.3 is 0 Å². The van der Waals surface area contributed by atoms with Crippen molar-refractivity contribution in [2.24, 2.45) is 0 Å². The summed E-state index contributed by atoms with van der Waals surface area (Å²) in [6.45, 7) is 0.361. The van der Waals surface area contributed by atoms with Gasteiger partial charge in [-0.25, -0.2) is 9.37 Å². The summed E-state index contributed by atoms with van der Waals surface area (Å²) < 4.78 is 56.4. The number of hydrogen-bond donors (Lipinski definition) is 1. The van der Waals surface area contributed by atoms with Gasteiger partial charge in [0.2, 0.25) is 5.89 Å². The van der Waals surface area contributed by atoms with Crippen molar-refractivity contribution in [3.8, 4) is 16.9 Å². The van der Waals surface area contributed by atoms with Crippen LogP contribution < -0.4 is 9.46 Å². The molecule has 1 aliphatic carbocycles. The van der Waals surface area contributed by atoms with E-state index >= 15 is 4.39 Å². The number of benzene rings is 3. The van der Waals surface area contributed by atoms with Crippen molar-refractivity contribution in [1.29, 1.82) is 0 Å². The average Bonchev–Trinajstić information content (AvgIpc) is 3.61. The molecule has 1 N–H and O–H groups in total. The smallest absolute Gasteiger partial charge is 0.279 e. The van der Waals surface area contributed by atoms with Crippen LogP contribution in [0.1, 0.15) is 42.0 Å². The maximum Gasteiger partial charge on any atom is 0.279 e. The van der Waals surface area contributed by atoms with Gasteiger partial charge in [-0.2, -0.15) is 17.4 Å². The standard InChI is InChI=1S/C31H33ClFN3O4S/c1-36(2)41(37,38)35-24-14-15-31(18-24,30-34-25(19-32)21-40-30)17-23-12-13-28(33)27(16-23)26-10-6-7-11-29(26)39-20-22-8-4-3-5-9-22/h3-13,16,21,24,35H,14-15,17-20H2,1-2H3/t24-,31+/m0/s1. The van der Waals surface area contributed by atoms with E-state index in [0.29, 0.717) is 60.8 Å². The van der Waals surface area contributed by atoms with E-state index in [9.17, 15) is 8.42 Å². The number of ether oxygens (including phenoxy) is 1. The van der Waals surface area contributed by atoms with Gasteiger partial charge in [-0.3, -0.25) is 0 Å². The van der Waals surface area contributed by atoms with Crippen molar-refractivity contribution in [3.05, 3.63) is 108 Å². The highest BCUT2D eigenvalue weighted by Crippen LogP contribution is 2.44. The monoisotopic (exact) mass is 597 g/mol. The Hall–Kier alpha value is -3.24. The zero-order valence-corrected chi connectivity index (χ0v) is 24.6. The van der Waals surface area contributed by atoms with Crippen LogP contribution in [-0.2, 0) is 34.5 Å². The fourth-order valence-corrected chi connectivity index (χ4v) is 6.37. The van der Waals surface area contributed by atoms with E-state index in [-0.39, 0.29) is 17.7 Å². The maximum atomic E-state index is 15.3. The predicted molar refractivity (Wildman–Crippen MR) is 157 cm³/mol. The number of hydrogen-bond acceptors (Lipinski definition) is 5. The van der Waals surface area contributed by atoms with Gasteiger partial charge in [0, 0.05) is 31.3 Å². The third kappa shape index (κ3) is 6.64. The highest BCUT2D eigenvalue weighted by Gasteiger charge is 2.45. The molecule has 10 heteroatoms. The van der Waals surface area contributed by atoms with Crippen LogP contribution in [-0.4, -0.2) is 37.8 Å². The molecule has 3 aromatic carbocycles. The highest BCUT2D eigenvalue weighted by atomic mass is 35.5. The van der Waals surface area contributed by atoms with Crippen LogP contribution in [0.5, 0.6) is 5.75 Å². The van der Waals surface area contributed by atoms with E-state index in [1.807, 2.05) is 60.7 Å². The maximum absolute atomic E-state index is 15.3. The van der Waals surface area contributed by atoms with Crippen molar-refractivity contribution < 1.29 is 22.0 Å². The van der Waals surface area contributed by atoms with Gasteiger partial charge in [-0.15, -0.1) is 11.6 Å². The lowest BCUT2D eigenvalue weighted by molar-refractivity contribution is 0.307. The van der Waals surface area contributed by atoms with Gasteiger partial charge in [-0.1, -0.05) is 54.6 Å². The van der Waals surface area contributed by atoms with Crippen LogP contribution >= 0.6 is 11.6 Å². The molecule has 0 amide bonds. The summed E-state index contributed by atoms with van der Waals surface area (Å²) >= 11 is 6.02. The summed E-state index contributed by atoms with van der Waals surface area (Å²) in [4.78, 5) is 4.63. The van der Waals surface area contributed by atoms with Crippen LogP contribution in [0.4, 0.5) is 4.39 Å². The largest absolute Gasteiger partial charge is 0.488 e. The molecule has 1 aromatic heterocycles. The van der Waals surface area contributed by atoms with E-state index in [1.165, 1.54) is 26.4 Å². The molecule has 5 rings (SSSR count). The number of alkyl halides is 1. The molecule has 7 nitrogen and oxygen atoms in total. The molecule has 1 aliphatic rings. The van der Waals surface area contributed by atoms with Gasteiger partial charge in [-0.05, 0) is 55.0 Å². The second-order valence-corrected chi connectivity index (χ2v) is 12.8. The molecule has 0 unspecified atom stereocenters. The Morgan fingerprint density at radius 2 is 1.83 bits per heavy atom. The Labute approximate surface area is 245 Å². The highest BCUT2D eigenvalue weighted by molar-refractivity contribution is 7.87. The van der Waals surface area contributed by atoms with Crippen molar-refractivity contribution in [2.45, 2.75) is 49.6 Å². The van der Waals surface area contributed by atoms with Gasteiger partial charge < -0.3 is 9.15 Å². The molecule has 41 heavy (non-hydrogen) atoms. The molecule has 1 fully saturated rings. The number of rotatable bonds is 11. The molecule has 0 aliphatic heterocycles. The minimum absolute atomic E-state index is 0.205. The molecular formula is C31H33ClFN3O4S. The Kier molecular flexibility index (Phi) is 8.79. The van der Waals surface area contributed by atoms with Crippen LogP contribution in [0.3, 0.4) is 0 Å². The Morgan fingerprint density at radius 3 is 2.56 bits per heavy atom. The molecule has 0 bridgehead atoms. The lowest BCUT2D eigenvalue weighted by atomic mass is 9.79. The molecular weight excluding hydrogens is 565 g/mol. The zero-order chi connectivity index (χ0) is 29.0. The van der Waals surface area contributed by atoms with Crippen LogP contribution in [0.15, 0.2) is 83.5 Å². The predicted octanol–water partition coefficient (Wildman–Crippen LogP) is 6.23. The van der Waals surface area contributed by atoms with E-state index in [1.54, 1.807) is 6.07 Å². The first-order valence-electron chi connectivity index (χ1n) is 13.4. The quantitative estimate of drug-likeness (QED) is 0.207. The molecule has 216 valence electrons. The van der Waals surface area contributed by atoms with Gasteiger partial charge in [0.1, 0.15) is 24.4 Å². The number of aromatic nitrogens is 1. The molecule has 0 saturated heterocycles. The Balaban J connectivity index is 1.45. The fraction of sp³-hybridized carbons (Fsp3) is 0.323. The number of nitrogens with zero attached hydrogens (tertiary/aromatic N) is 2. The SMILES string of the molecule is CN(C)S(=O)(=O)N[C@H]1CC[C@](Cc2ccc(F)c(-c3ccccc3OCc3ccccc3)c2)(c2nc(CCl)co2)C1. The van der Waals surface area contributed by atoms with Crippen molar-refractivity contribution in [3.63, 3.8) is 0 Å². The summed E-state index contributed by atoms with van der Waals surface area (Å²) in [5.41, 5.74) is 2.99. The van der Waals surface area contributed by atoms with E-state index in [2.05, 4.69) is 9.71 Å². The Morgan fingerprint density at radius 1 is 1.07 bits per heavy atom. The molecule has 0 spiro atoms.